The summed E-state index contributed by atoms with van der Waals surface area (Å²) in [5, 5.41) is 11.2. The van der Waals surface area contributed by atoms with Crippen molar-refractivity contribution in [1.82, 2.24) is 15.5 Å². The minimum Gasteiger partial charge on any atom is -0.316 e. The largest absolute Gasteiger partial charge is 0.316 e. The average Bonchev–Trinajstić information content (AvgIpc) is 3.15. The Morgan fingerprint density at radius 1 is 1.00 bits per heavy atom. The Balaban J connectivity index is 1.85. The number of aromatic nitrogens is 2. The molecule has 3 rings (SSSR count). The zero-order valence-electron chi connectivity index (χ0n) is 13.8. The summed E-state index contributed by atoms with van der Waals surface area (Å²) in [7, 11) is 0. The van der Waals surface area contributed by atoms with Crippen LogP contribution in [0.1, 0.15) is 30.4 Å². The summed E-state index contributed by atoms with van der Waals surface area (Å²) in [5.74, 6) is 0.312. The Hall–Kier alpha value is -2.10. The molecule has 0 radical (unpaired) electrons. The van der Waals surface area contributed by atoms with Gasteiger partial charge in [0, 0.05) is 29.2 Å². The molecule has 0 spiro atoms. The number of hydrogen-bond acceptors (Lipinski definition) is 2. The van der Waals surface area contributed by atoms with Gasteiger partial charge >= 0.3 is 0 Å². The molecule has 0 saturated carbocycles. The summed E-state index contributed by atoms with van der Waals surface area (Å²) >= 11 is 6.04. The summed E-state index contributed by atoms with van der Waals surface area (Å²) < 4.78 is 0. The SMILES string of the molecule is CCCNCC(c1ccc(Cl)cc1)c1ccc(-c2cn[nH]c2)cc1. The highest BCUT2D eigenvalue weighted by atomic mass is 35.5. The number of nitrogens with zero attached hydrogens (tertiary/aromatic N) is 1. The number of aromatic amines is 1. The molecule has 0 saturated heterocycles. The number of nitrogens with one attached hydrogen (secondary N) is 2. The number of halogens is 1. The number of hydrogen-bond donors (Lipinski definition) is 2. The molecule has 1 atom stereocenters. The second-order valence-electron chi connectivity index (χ2n) is 5.92. The van der Waals surface area contributed by atoms with Crippen molar-refractivity contribution in [1.29, 1.82) is 0 Å². The molecule has 0 amide bonds. The van der Waals surface area contributed by atoms with E-state index >= 15 is 0 Å². The quantitative estimate of drug-likeness (QED) is 0.603. The van der Waals surface area contributed by atoms with Crippen molar-refractivity contribution in [3.05, 3.63) is 77.1 Å². The van der Waals surface area contributed by atoms with Crippen LogP contribution in [0, 0.1) is 0 Å². The predicted octanol–water partition coefficient (Wildman–Crippen LogP) is 4.86. The van der Waals surface area contributed by atoms with Crippen LogP contribution in [-0.2, 0) is 0 Å². The van der Waals surface area contributed by atoms with E-state index in [-0.39, 0.29) is 0 Å². The van der Waals surface area contributed by atoms with E-state index < -0.39 is 0 Å². The highest BCUT2D eigenvalue weighted by Gasteiger charge is 2.14. The highest BCUT2D eigenvalue weighted by Crippen LogP contribution is 2.27. The van der Waals surface area contributed by atoms with Crippen molar-refractivity contribution in [2.24, 2.45) is 0 Å². The zero-order valence-corrected chi connectivity index (χ0v) is 14.6. The molecule has 24 heavy (non-hydrogen) atoms. The van der Waals surface area contributed by atoms with Gasteiger partial charge in [0.15, 0.2) is 0 Å². The Labute approximate surface area is 148 Å². The van der Waals surface area contributed by atoms with E-state index in [0.717, 1.165) is 30.1 Å². The fourth-order valence-corrected chi connectivity index (χ4v) is 2.99. The van der Waals surface area contributed by atoms with Gasteiger partial charge in [-0.05, 0) is 41.8 Å². The third-order valence-corrected chi connectivity index (χ3v) is 4.44. The maximum absolute atomic E-state index is 6.04. The summed E-state index contributed by atoms with van der Waals surface area (Å²) in [6, 6.07) is 16.9. The third kappa shape index (κ3) is 4.05. The van der Waals surface area contributed by atoms with Crippen molar-refractivity contribution in [3.8, 4) is 11.1 Å². The van der Waals surface area contributed by atoms with Gasteiger partial charge in [-0.15, -0.1) is 0 Å². The minimum absolute atomic E-state index is 0.312. The van der Waals surface area contributed by atoms with Crippen LogP contribution < -0.4 is 5.32 Å². The molecule has 1 aromatic heterocycles. The van der Waals surface area contributed by atoms with Crippen molar-refractivity contribution >= 4 is 11.6 Å². The van der Waals surface area contributed by atoms with Gasteiger partial charge in [-0.2, -0.15) is 5.10 Å². The van der Waals surface area contributed by atoms with Crippen LogP contribution in [0.2, 0.25) is 5.02 Å². The Morgan fingerprint density at radius 3 is 2.25 bits per heavy atom. The molecule has 0 bridgehead atoms. The second-order valence-corrected chi connectivity index (χ2v) is 6.35. The van der Waals surface area contributed by atoms with Gasteiger partial charge in [-0.1, -0.05) is 54.9 Å². The van der Waals surface area contributed by atoms with Crippen molar-refractivity contribution in [2.75, 3.05) is 13.1 Å². The van der Waals surface area contributed by atoms with E-state index in [4.69, 9.17) is 11.6 Å². The molecule has 0 aliphatic rings. The second kappa shape index (κ2) is 8.13. The van der Waals surface area contributed by atoms with Gasteiger partial charge in [-0.25, -0.2) is 0 Å². The Kier molecular flexibility index (Phi) is 5.68. The third-order valence-electron chi connectivity index (χ3n) is 4.19. The fourth-order valence-electron chi connectivity index (χ4n) is 2.86. The lowest BCUT2D eigenvalue weighted by atomic mass is 9.90. The molecule has 0 fully saturated rings. The fraction of sp³-hybridized carbons (Fsp3) is 0.250. The predicted molar refractivity (Wildman–Crippen MR) is 100 cm³/mol. The number of rotatable bonds is 7. The van der Waals surface area contributed by atoms with Crippen LogP contribution in [-0.4, -0.2) is 23.3 Å². The van der Waals surface area contributed by atoms with Gasteiger partial charge in [0.1, 0.15) is 0 Å². The van der Waals surface area contributed by atoms with Crippen LogP contribution >= 0.6 is 11.6 Å². The summed E-state index contributed by atoms with van der Waals surface area (Å²) in [6.45, 7) is 4.13. The number of H-pyrrole nitrogens is 1. The van der Waals surface area contributed by atoms with E-state index in [2.05, 4.69) is 58.8 Å². The van der Waals surface area contributed by atoms with Crippen LogP contribution in [0.25, 0.3) is 11.1 Å². The molecule has 2 aromatic carbocycles. The standard InChI is InChI=1S/C20H22ClN3/c1-2-11-22-14-20(17-7-9-19(21)10-8-17)16-5-3-15(4-6-16)18-12-23-24-13-18/h3-10,12-13,20,22H,2,11,14H2,1H3,(H,23,24). The van der Waals surface area contributed by atoms with Crippen molar-refractivity contribution in [2.45, 2.75) is 19.3 Å². The molecule has 1 unspecified atom stereocenters. The van der Waals surface area contributed by atoms with E-state index in [1.54, 1.807) is 0 Å². The van der Waals surface area contributed by atoms with Gasteiger partial charge in [0.2, 0.25) is 0 Å². The van der Waals surface area contributed by atoms with Gasteiger partial charge < -0.3 is 5.32 Å². The van der Waals surface area contributed by atoms with E-state index in [1.165, 1.54) is 16.7 Å². The first-order valence-corrected chi connectivity index (χ1v) is 8.71. The van der Waals surface area contributed by atoms with E-state index in [9.17, 15) is 0 Å². The molecular weight excluding hydrogens is 318 g/mol. The van der Waals surface area contributed by atoms with Crippen LogP contribution in [0.15, 0.2) is 60.9 Å². The molecule has 3 nitrogen and oxygen atoms in total. The van der Waals surface area contributed by atoms with Crippen LogP contribution in [0.5, 0.6) is 0 Å². The van der Waals surface area contributed by atoms with Crippen LogP contribution in [0.3, 0.4) is 0 Å². The topological polar surface area (TPSA) is 40.7 Å². The van der Waals surface area contributed by atoms with Crippen LogP contribution in [0.4, 0.5) is 0 Å². The number of benzene rings is 2. The average molecular weight is 340 g/mol. The molecule has 0 aliphatic heterocycles. The maximum Gasteiger partial charge on any atom is 0.0565 e. The molecular formula is C20H22ClN3. The lowest BCUT2D eigenvalue weighted by Gasteiger charge is -2.19. The normalized spacial score (nSPS) is 12.2. The highest BCUT2D eigenvalue weighted by molar-refractivity contribution is 6.30. The summed E-state index contributed by atoms with van der Waals surface area (Å²) in [4.78, 5) is 0. The van der Waals surface area contributed by atoms with Gasteiger partial charge in [0.05, 0.1) is 6.20 Å². The Morgan fingerprint density at radius 2 is 1.67 bits per heavy atom. The molecule has 0 aliphatic carbocycles. The molecule has 3 aromatic rings. The van der Waals surface area contributed by atoms with E-state index in [0.29, 0.717) is 5.92 Å². The minimum atomic E-state index is 0.312. The molecule has 1 heterocycles. The molecule has 4 heteroatoms. The van der Waals surface area contributed by atoms with Gasteiger partial charge in [-0.3, -0.25) is 5.10 Å². The lowest BCUT2D eigenvalue weighted by molar-refractivity contribution is 0.628. The first-order valence-electron chi connectivity index (χ1n) is 8.33. The van der Waals surface area contributed by atoms with Crippen molar-refractivity contribution < 1.29 is 0 Å². The molecule has 124 valence electrons. The summed E-state index contributed by atoms with van der Waals surface area (Å²) in [6.07, 6.45) is 4.88. The van der Waals surface area contributed by atoms with Gasteiger partial charge in [0.25, 0.3) is 0 Å². The first-order chi connectivity index (χ1) is 11.8. The monoisotopic (exact) mass is 339 g/mol. The summed E-state index contributed by atoms with van der Waals surface area (Å²) in [5.41, 5.74) is 4.85. The smallest absolute Gasteiger partial charge is 0.0565 e. The zero-order chi connectivity index (χ0) is 16.8. The van der Waals surface area contributed by atoms with E-state index in [1.807, 2.05) is 24.5 Å². The lowest BCUT2D eigenvalue weighted by Crippen LogP contribution is -2.23. The first kappa shape index (κ1) is 16.7. The maximum atomic E-state index is 6.04. The Bertz CT molecular complexity index is 734. The van der Waals surface area contributed by atoms with Crippen molar-refractivity contribution in [3.63, 3.8) is 0 Å². The molecule has 2 N–H and O–H groups in total.